The maximum atomic E-state index is 11.8. The summed E-state index contributed by atoms with van der Waals surface area (Å²) in [6.07, 6.45) is 8.01. The Hall–Kier alpha value is -1.36. The van der Waals surface area contributed by atoms with Gasteiger partial charge in [0.25, 0.3) is 0 Å². The standard InChI is InChI=1S/C14H23N3O2/c1-3-7-17-11-15-9-12(17)10-16-8-5-4-6-13(16)14(18)19-2/h9,11,13H,3-8,10H2,1-2H3. The number of ether oxygens (including phenoxy) is 1. The Morgan fingerprint density at radius 3 is 3.11 bits per heavy atom. The molecule has 0 aromatic carbocycles. The van der Waals surface area contributed by atoms with E-state index in [-0.39, 0.29) is 12.0 Å². The van der Waals surface area contributed by atoms with Gasteiger partial charge in [-0.15, -0.1) is 0 Å². The Balaban J connectivity index is 2.06. The van der Waals surface area contributed by atoms with Crippen LogP contribution in [-0.4, -0.2) is 40.1 Å². The van der Waals surface area contributed by atoms with E-state index in [0.29, 0.717) is 0 Å². The van der Waals surface area contributed by atoms with Crippen molar-refractivity contribution in [1.29, 1.82) is 0 Å². The van der Waals surface area contributed by atoms with Crippen LogP contribution >= 0.6 is 0 Å². The number of imidazole rings is 1. The molecule has 106 valence electrons. The van der Waals surface area contributed by atoms with E-state index in [0.717, 1.165) is 45.3 Å². The molecule has 2 rings (SSSR count). The molecule has 0 spiro atoms. The van der Waals surface area contributed by atoms with E-state index in [1.807, 2.05) is 12.5 Å². The van der Waals surface area contributed by atoms with Crippen molar-refractivity contribution in [3.8, 4) is 0 Å². The Morgan fingerprint density at radius 2 is 2.37 bits per heavy atom. The van der Waals surface area contributed by atoms with Crippen molar-refractivity contribution in [1.82, 2.24) is 14.5 Å². The minimum Gasteiger partial charge on any atom is -0.468 e. The number of carbonyl (C=O) groups excluding carboxylic acids is 1. The predicted molar refractivity (Wildman–Crippen MR) is 72.6 cm³/mol. The van der Waals surface area contributed by atoms with E-state index in [4.69, 9.17) is 4.74 Å². The number of nitrogens with zero attached hydrogens (tertiary/aromatic N) is 3. The number of aryl methyl sites for hydroxylation is 1. The highest BCUT2D eigenvalue weighted by molar-refractivity contribution is 5.75. The normalized spacial score (nSPS) is 20.4. The van der Waals surface area contributed by atoms with Gasteiger partial charge in [-0.2, -0.15) is 0 Å². The van der Waals surface area contributed by atoms with Crippen LogP contribution in [0.15, 0.2) is 12.5 Å². The van der Waals surface area contributed by atoms with E-state index >= 15 is 0 Å². The molecule has 0 amide bonds. The van der Waals surface area contributed by atoms with Crippen LogP contribution in [0.5, 0.6) is 0 Å². The van der Waals surface area contributed by atoms with E-state index in [2.05, 4.69) is 21.4 Å². The number of likely N-dealkylation sites (tertiary alicyclic amines) is 1. The summed E-state index contributed by atoms with van der Waals surface area (Å²) in [5.74, 6) is -0.110. The predicted octanol–water partition coefficient (Wildman–Crippen LogP) is 1.82. The minimum absolute atomic E-state index is 0.0938. The second-order valence-electron chi connectivity index (χ2n) is 5.08. The third-order valence-corrected chi connectivity index (χ3v) is 3.72. The van der Waals surface area contributed by atoms with Crippen molar-refractivity contribution in [2.45, 2.75) is 51.7 Å². The molecule has 1 aliphatic heterocycles. The molecule has 0 saturated carbocycles. The Bertz CT molecular complexity index is 417. The van der Waals surface area contributed by atoms with Gasteiger partial charge >= 0.3 is 5.97 Å². The SMILES string of the molecule is CCCn1cncc1CN1CCCCC1C(=O)OC. The van der Waals surface area contributed by atoms with Gasteiger partial charge in [-0.25, -0.2) is 4.98 Å². The van der Waals surface area contributed by atoms with Crippen LogP contribution in [0.25, 0.3) is 0 Å². The van der Waals surface area contributed by atoms with Crippen molar-refractivity contribution in [2.24, 2.45) is 0 Å². The van der Waals surface area contributed by atoms with Crippen LogP contribution in [0, 0.1) is 0 Å². The van der Waals surface area contributed by atoms with Gasteiger partial charge in [-0.05, 0) is 25.8 Å². The summed E-state index contributed by atoms with van der Waals surface area (Å²) in [6, 6.07) is -0.0938. The summed E-state index contributed by atoms with van der Waals surface area (Å²) in [4.78, 5) is 18.3. The van der Waals surface area contributed by atoms with E-state index < -0.39 is 0 Å². The molecule has 19 heavy (non-hydrogen) atoms. The lowest BCUT2D eigenvalue weighted by Crippen LogP contribution is -2.44. The summed E-state index contributed by atoms with van der Waals surface area (Å²) < 4.78 is 7.08. The molecule has 0 bridgehead atoms. The maximum Gasteiger partial charge on any atom is 0.323 e. The zero-order valence-corrected chi connectivity index (χ0v) is 11.8. The first-order chi connectivity index (χ1) is 9.26. The topological polar surface area (TPSA) is 47.4 Å². The monoisotopic (exact) mass is 265 g/mol. The minimum atomic E-state index is -0.110. The molecule has 0 radical (unpaired) electrons. The van der Waals surface area contributed by atoms with Crippen LogP contribution < -0.4 is 0 Å². The molecule has 2 heterocycles. The molecule has 5 nitrogen and oxygen atoms in total. The van der Waals surface area contributed by atoms with Crippen LogP contribution in [0.1, 0.15) is 38.3 Å². The van der Waals surface area contributed by atoms with Gasteiger partial charge in [0.05, 0.1) is 19.1 Å². The number of hydrogen-bond acceptors (Lipinski definition) is 4. The van der Waals surface area contributed by atoms with Crippen LogP contribution in [-0.2, 0) is 22.6 Å². The molecule has 1 saturated heterocycles. The first-order valence-corrected chi connectivity index (χ1v) is 7.07. The fraction of sp³-hybridized carbons (Fsp3) is 0.714. The lowest BCUT2D eigenvalue weighted by atomic mass is 10.0. The van der Waals surface area contributed by atoms with Crippen LogP contribution in [0.2, 0.25) is 0 Å². The second-order valence-corrected chi connectivity index (χ2v) is 5.08. The van der Waals surface area contributed by atoms with Gasteiger partial charge < -0.3 is 9.30 Å². The number of methoxy groups -OCH3 is 1. The van der Waals surface area contributed by atoms with Crippen molar-refractivity contribution in [3.63, 3.8) is 0 Å². The third-order valence-electron chi connectivity index (χ3n) is 3.72. The molecule has 5 heteroatoms. The average molecular weight is 265 g/mol. The van der Waals surface area contributed by atoms with Gasteiger partial charge in [0, 0.05) is 19.3 Å². The van der Waals surface area contributed by atoms with Crippen molar-refractivity contribution < 1.29 is 9.53 Å². The van der Waals surface area contributed by atoms with E-state index in [1.165, 1.54) is 12.8 Å². The molecular formula is C14H23N3O2. The Kier molecular flexibility index (Phi) is 4.96. The van der Waals surface area contributed by atoms with Crippen LogP contribution in [0.3, 0.4) is 0 Å². The number of hydrogen-bond donors (Lipinski definition) is 0. The summed E-state index contributed by atoms with van der Waals surface area (Å²) in [7, 11) is 1.47. The van der Waals surface area contributed by atoms with E-state index in [1.54, 1.807) is 0 Å². The molecule has 1 unspecified atom stereocenters. The maximum absolute atomic E-state index is 11.8. The van der Waals surface area contributed by atoms with Crippen molar-refractivity contribution in [3.05, 3.63) is 18.2 Å². The molecule has 1 aliphatic rings. The summed E-state index contributed by atoms with van der Waals surface area (Å²) >= 11 is 0. The highest BCUT2D eigenvalue weighted by Crippen LogP contribution is 2.20. The van der Waals surface area contributed by atoms with Crippen molar-refractivity contribution >= 4 is 5.97 Å². The van der Waals surface area contributed by atoms with Gasteiger partial charge in [-0.1, -0.05) is 13.3 Å². The molecule has 1 aromatic heterocycles. The summed E-state index contributed by atoms with van der Waals surface area (Å²) in [6.45, 7) is 4.87. The number of piperidine rings is 1. The second kappa shape index (κ2) is 6.70. The summed E-state index contributed by atoms with van der Waals surface area (Å²) in [5.41, 5.74) is 1.18. The molecule has 1 atom stereocenters. The first kappa shape index (κ1) is 14.1. The molecule has 1 aromatic rings. The quantitative estimate of drug-likeness (QED) is 0.762. The Labute approximate surface area is 114 Å². The highest BCUT2D eigenvalue weighted by Gasteiger charge is 2.29. The third kappa shape index (κ3) is 3.35. The average Bonchev–Trinajstić information content (AvgIpc) is 2.86. The number of aromatic nitrogens is 2. The first-order valence-electron chi connectivity index (χ1n) is 7.07. The zero-order chi connectivity index (χ0) is 13.7. The fourth-order valence-corrected chi connectivity index (χ4v) is 2.71. The molecule has 0 aliphatic carbocycles. The molecular weight excluding hydrogens is 242 g/mol. The molecule has 0 N–H and O–H groups in total. The van der Waals surface area contributed by atoms with E-state index in [9.17, 15) is 4.79 Å². The zero-order valence-electron chi connectivity index (χ0n) is 11.8. The lowest BCUT2D eigenvalue weighted by molar-refractivity contribution is -0.148. The smallest absolute Gasteiger partial charge is 0.323 e. The fourth-order valence-electron chi connectivity index (χ4n) is 2.71. The lowest BCUT2D eigenvalue weighted by Gasteiger charge is -2.33. The van der Waals surface area contributed by atoms with Gasteiger partial charge in [0.1, 0.15) is 6.04 Å². The van der Waals surface area contributed by atoms with Gasteiger partial charge in [0.2, 0.25) is 0 Å². The largest absolute Gasteiger partial charge is 0.468 e. The highest BCUT2D eigenvalue weighted by atomic mass is 16.5. The number of rotatable bonds is 5. The van der Waals surface area contributed by atoms with Gasteiger partial charge in [-0.3, -0.25) is 9.69 Å². The molecule has 1 fully saturated rings. The van der Waals surface area contributed by atoms with Crippen LogP contribution in [0.4, 0.5) is 0 Å². The Morgan fingerprint density at radius 1 is 1.53 bits per heavy atom. The van der Waals surface area contributed by atoms with Gasteiger partial charge in [0.15, 0.2) is 0 Å². The van der Waals surface area contributed by atoms with Crippen molar-refractivity contribution in [2.75, 3.05) is 13.7 Å². The number of carbonyl (C=O) groups is 1. The summed E-state index contributed by atoms with van der Waals surface area (Å²) in [5, 5.41) is 0. The number of esters is 1.